The predicted molar refractivity (Wildman–Crippen MR) is 63.3 cm³/mol. The Morgan fingerprint density at radius 2 is 1.94 bits per heavy atom. The van der Waals surface area contributed by atoms with Crippen molar-refractivity contribution in [2.24, 2.45) is 0 Å². The van der Waals surface area contributed by atoms with Crippen LogP contribution in [0.5, 0.6) is 0 Å². The van der Waals surface area contributed by atoms with Gasteiger partial charge in [0.15, 0.2) is 5.82 Å². The minimum Gasteiger partial charge on any atom is -0.382 e. The lowest BCUT2D eigenvalue weighted by Gasteiger charge is -2.09. The van der Waals surface area contributed by atoms with Crippen LogP contribution in [0.3, 0.4) is 0 Å². The maximum atomic E-state index is 13.6. The van der Waals surface area contributed by atoms with Crippen LogP contribution in [0.1, 0.15) is 0 Å². The molecular weight excluding hydrogens is 229 g/mol. The van der Waals surface area contributed by atoms with E-state index in [1.807, 2.05) is 0 Å². The SMILES string of the molecule is Nc1ncccc1Nc1cccc(Cl)c1F. The zero-order valence-electron chi connectivity index (χ0n) is 8.24. The molecule has 0 saturated carbocycles. The van der Waals surface area contributed by atoms with Crippen LogP contribution in [0.4, 0.5) is 21.6 Å². The fourth-order valence-corrected chi connectivity index (χ4v) is 1.44. The van der Waals surface area contributed by atoms with Gasteiger partial charge in [0, 0.05) is 6.20 Å². The van der Waals surface area contributed by atoms with Crippen LogP contribution in [0.25, 0.3) is 0 Å². The molecule has 2 aromatic rings. The van der Waals surface area contributed by atoms with Crippen LogP contribution in [-0.4, -0.2) is 4.98 Å². The Balaban J connectivity index is 2.35. The van der Waals surface area contributed by atoms with Crippen molar-refractivity contribution in [3.63, 3.8) is 0 Å². The zero-order valence-corrected chi connectivity index (χ0v) is 9.00. The minimum atomic E-state index is -0.507. The number of halogens is 2. The molecule has 0 atom stereocenters. The van der Waals surface area contributed by atoms with E-state index in [-0.39, 0.29) is 10.7 Å². The van der Waals surface area contributed by atoms with Gasteiger partial charge in [0.1, 0.15) is 5.82 Å². The number of aromatic nitrogens is 1. The van der Waals surface area contributed by atoms with Gasteiger partial charge in [-0.3, -0.25) is 0 Å². The van der Waals surface area contributed by atoms with Crippen molar-refractivity contribution in [2.45, 2.75) is 0 Å². The number of nitrogen functional groups attached to an aromatic ring is 1. The average Bonchev–Trinajstić information content (AvgIpc) is 2.28. The molecule has 2 rings (SSSR count). The first-order valence-electron chi connectivity index (χ1n) is 4.60. The van der Waals surface area contributed by atoms with E-state index < -0.39 is 5.82 Å². The van der Waals surface area contributed by atoms with Gasteiger partial charge in [-0.1, -0.05) is 17.7 Å². The highest BCUT2D eigenvalue weighted by atomic mass is 35.5. The number of pyridine rings is 1. The largest absolute Gasteiger partial charge is 0.382 e. The van der Waals surface area contributed by atoms with Crippen molar-refractivity contribution in [2.75, 3.05) is 11.1 Å². The van der Waals surface area contributed by atoms with Gasteiger partial charge in [-0.25, -0.2) is 9.37 Å². The number of nitrogens with zero attached hydrogens (tertiary/aromatic N) is 1. The molecule has 0 aliphatic rings. The van der Waals surface area contributed by atoms with Gasteiger partial charge >= 0.3 is 0 Å². The van der Waals surface area contributed by atoms with Crippen LogP contribution in [0, 0.1) is 5.82 Å². The van der Waals surface area contributed by atoms with E-state index in [1.165, 1.54) is 6.07 Å². The number of rotatable bonds is 2. The van der Waals surface area contributed by atoms with E-state index in [9.17, 15) is 4.39 Å². The normalized spacial score (nSPS) is 10.1. The second-order valence-corrected chi connectivity index (χ2v) is 3.57. The number of benzene rings is 1. The summed E-state index contributed by atoms with van der Waals surface area (Å²) in [6, 6.07) is 8.13. The fraction of sp³-hybridized carbons (Fsp3) is 0. The van der Waals surface area contributed by atoms with Gasteiger partial charge in [0.25, 0.3) is 0 Å². The third kappa shape index (κ3) is 2.06. The van der Waals surface area contributed by atoms with Gasteiger partial charge in [-0.2, -0.15) is 0 Å². The maximum Gasteiger partial charge on any atom is 0.165 e. The standard InChI is InChI=1S/C11H9ClFN3/c12-7-3-1-4-8(10(7)13)16-9-5-2-6-15-11(9)14/h1-6,16H,(H2,14,15). The zero-order chi connectivity index (χ0) is 11.5. The van der Waals surface area contributed by atoms with Crippen LogP contribution in [0.15, 0.2) is 36.5 Å². The molecule has 0 bridgehead atoms. The first kappa shape index (κ1) is 10.7. The van der Waals surface area contributed by atoms with Crippen LogP contribution in [-0.2, 0) is 0 Å². The van der Waals surface area contributed by atoms with Crippen LogP contribution >= 0.6 is 11.6 Å². The minimum absolute atomic E-state index is 0.0625. The quantitative estimate of drug-likeness (QED) is 0.843. The highest BCUT2D eigenvalue weighted by molar-refractivity contribution is 6.31. The predicted octanol–water partition coefficient (Wildman–Crippen LogP) is 3.20. The van der Waals surface area contributed by atoms with Crippen molar-refractivity contribution in [3.05, 3.63) is 47.4 Å². The lowest BCUT2D eigenvalue weighted by atomic mass is 10.3. The third-order valence-corrected chi connectivity index (χ3v) is 2.35. The average molecular weight is 238 g/mol. The first-order valence-corrected chi connectivity index (χ1v) is 4.98. The Labute approximate surface area is 97.1 Å². The summed E-state index contributed by atoms with van der Waals surface area (Å²) in [5, 5.41) is 2.90. The highest BCUT2D eigenvalue weighted by Crippen LogP contribution is 2.26. The third-order valence-electron chi connectivity index (χ3n) is 2.06. The van der Waals surface area contributed by atoms with E-state index in [2.05, 4.69) is 10.3 Å². The van der Waals surface area contributed by atoms with E-state index in [4.69, 9.17) is 17.3 Å². The summed E-state index contributed by atoms with van der Waals surface area (Å²) < 4.78 is 13.6. The summed E-state index contributed by atoms with van der Waals surface area (Å²) in [4.78, 5) is 3.89. The van der Waals surface area contributed by atoms with E-state index in [0.29, 0.717) is 11.5 Å². The molecule has 0 saturated heterocycles. The molecule has 0 amide bonds. The molecule has 5 heteroatoms. The Morgan fingerprint density at radius 1 is 1.19 bits per heavy atom. The monoisotopic (exact) mass is 237 g/mol. The summed E-state index contributed by atoms with van der Waals surface area (Å²) in [5.74, 6) is -0.200. The fourth-order valence-electron chi connectivity index (χ4n) is 1.27. The smallest absolute Gasteiger partial charge is 0.165 e. The van der Waals surface area contributed by atoms with E-state index >= 15 is 0 Å². The Bertz CT molecular complexity index is 516. The van der Waals surface area contributed by atoms with Gasteiger partial charge in [-0.05, 0) is 24.3 Å². The molecule has 1 heterocycles. The second-order valence-electron chi connectivity index (χ2n) is 3.16. The lowest BCUT2D eigenvalue weighted by Crippen LogP contribution is -1.99. The molecular formula is C11H9ClFN3. The molecule has 3 nitrogen and oxygen atoms in total. The van der Waals surface area contributed by atoms with Crippen molar-refractivity contribution in [3.8, 4) is 0 Å². The van der Waals surface area contributed by atoms with E-state index in [1.54, 1.807) is 30.5 Å². The van der Waals surface area contributed by atoms with Gasteiger partial charge in [-0.15, -0.1) is 0 Å². The molecule has 1 aromatic carbocycles. The molecule has 0 spiro atoms. The Kier molecular flexibility index (Phi) is 2.92. The number of anilines is 3. The van der Waals surface area contributed by atoms with Crippen LogP contribution in [0.2, 0.25) is 5.02 Å². The number of nitrogens with one attached hydrogen (secondary N) is 1. The van der Waals surface area contributed by atoms with Gasteiger partial charge in [0.2, 0.25) is 0 Å². The van der Waals surface area contributed by atoms with Crippen molar-refractivity contribution in [1.82, 2.24) is 4.98 Å². The molecule has 0 aliphatic heterocycles. The van der Waals surface area contributed by atoms with Crippen molar-refractivity contribution >= 4 is 28.8 Å². The summed E-state index contributed by atoms with van der Waals surface area (Å²) in [7, 11) is 0. The topological polar surface area (TPSA) is 50.9 Å². The number of nitrogens with two attached hydrogens (primary N) is 1. The van der Waals surface area contributed by atoms with E-state index in [0.717, 1.165) is 0 Å². The highest BCUT2D eigenvalue weighted by Gasteiger charge is 2.07. The molecule has 82 valence electrons. The molecule has 0 unspecified atom stereocenters. The number of hydrogen-bond acceptors (Lipinski definition) is 3. The second kappa shape index (κ2) is 4.37. The van der Waals surface area contributed by atoms with Crippen LogP contribution < -0.4 is 11.1 Å². The van der Waals surface area contributed by atoms with Crippen molar-refractivity contribution < 1.29 is 4.39 Å². The summed E-state index contributed by atoms with van der Waals surface area (Å²) in [6.45, 7) is 0. The Morgan fingerprint density at radius 3 is 2.69 bits per heavy atom. The van der Waals surface area contributed by atoms with Gasteiger partial charge in [0.05, 0.1) is 16.4 Å². The lowest BCUT2D eigenvalue weighted by molar-refractivity contribution is 0.632. The van der Waals surface area contributed by atoms with Crippen molar-refractivity contribution in [1.29, 1.82) is 0 Å². The summed E-state index contributed by atoms with van der Waals surface area (Å²) >= 11 is 5.66. The first-order chi connectivity index (χ1) is 7.68. The molecule has 16 heavy (non-hydrogen) atoms. The number of hydrogen-bond donors (Lipinski definition) is 2. The summed E-state index contributed by atoms with van der Waals surface area (Å²) in [5.41, 5.74) is 6.44. The maximum absolute atomic E-state index is 13.6. The molecule has 0 aliphatic carbocycles. The molecule has 3 N–H and O–H groups in total. The summed E-state index contributed by atoms with van der Waals surface area (Å²) in [6.07, 6.45) is 1.56. The van der Waals surface area contributed by atoms with Gasteiger partial charge < -0.3 is 11.1 Å². The molecule has 1 aromatic heterocycles. The molecule has 0 radical (unpaired) electrons. The molecule has 0 fully saturated rings. The Hall–Kier alpha value is -1.81.